The summed E-state index contributed by atoms with van der Waals surface area (Å²) in [5, 5.41) is 7.72. The van der Waals surface area contributed by atoms with E-state index in [9.17, 15) is 0 Å². The molecule has 3 rings (SSSR count). The summed E-state index contributed by atoms with van der Waals surface area (Å²) in [6, 6.07) is 4.00. The van der Waals surface area contributed by atoms with E-state index in [-0.39, 0.29) is 0 Å². The maximum Gasteiger partial charge on any atom is 0.0679 e. The van der Waals surface area contributed by atoms with E-state index in [1.807, 2.05) is 37.8 Å². The first-order valence-electron chi connectivity index (χ1n) is 6.02. The van der Waals surface area contributed by atoms with E-state index >= 15 is 0 Å². The van der Waals surface area contributed by atoms with E-state index in [1.54, 1.807) is 0 Å². The van der Waals surface area contributed by atoms with Crippen molar-refractivity contribution in [2.75, 3.05) is 7.05 Å². The van der Waals surface area contributed by atoms with Gasteiger partial charge in [0.05, 0.1) is 17.6 Å². The van der Waals surface area contributed by atoms with Crippen molar-refractivity contribution in [3.05, 3.63) is 42.0 Å². The molecule has 88 valence electrons. The molecule has 2 heterocycles. The third kappa shape index (κ3) is 1.96. The highest BCUT2D eigenvalue weighted by Gasteiger charge is 2.30. The highest BCUT2D eigenvalue weighted by Crippen LogP contribution is 2.42. The van der Waals surface area contributed by atoms with Crippen LogP contribution in [0.4, 0.5) is 0 Å². The SMILES string of the molecule is CNCc1cnn(-c2ccncc2)c1C1CC1. The Balaban J connectivity index is 2.04. The van der Waals surface area contributed by atoms with Crippen LogP contribution in [0.15, 0.2) is 30.7 Å². The summed E-state index contributed by atoms with van der Waals surface area (Å²) < 4.78 is 2.06. The zero-order chi connectivity index (χ0) is 11.7. The normalized spacial score (nSPS) is 15.1. The fraction of sp³-hybridized carbons (Fsp3) is 0.385. The van der Waals surface area contributed by atoms with Crippen LogP contribution >= 0.6 is 0 Å². The Morgan fingerprint density at radius 3 is 2.76 bits per heavy atom. The van der Waals surface area contributed by atoms with Crippen LogP contribution in [0, 0.1) is 0 Å². The molecule has 2 aromatic rings. The number of nitrogens with zero attached hydrogens (tertiary/aromatic N) is 3. The van der Waals surface area contributed by atoms with E-state index in [2.05, 4.69) is 20.1 Å². The molecule has 4 heteroatoms. The minimum absolute atomic E-state index is 0.689. The van der Waals surface area contributed by atoms with Gasteiger partial charge in [-0.15, -0.1) is 0 Å². The summed E-state index contributed by atoms with van der Waals surface area (Å²) in [6.07, 6.45) is 8.17. The molecule has 0 unspecified atom stereocenters. The Hall–Kier alpha value is -1.68. The van der Waals surface area contributed by atoms with Crippen molar-refractivity contribution >= 4 is 0 Å². The molecule has 17 heavy (non-hydrogen) atoms. The Morgan fingerprint density at radius 1 is 1.35 bits per heavy atom. The first-order valence-corrected chi connectivity index (χ1v) is 6.02. The van der Waals surface area contributed by atoms with E-state index in [0.717, 1.165) is 12.2 Å². The predicted octanol–water partition coefficient (Wildman–Crippen LogP) is 1.86. The molecule has 0 amide bonds. The van der Waals surface area contributed by atoms with Gasteiger partial charge in [0, 0.05) is 30.4 Å². The van der Waals surface area contributed by atoms with E-state index in [4.69, 9.17) is 0 Å². The van der Waals surface area contributed by atoms with Gasteiger partial charge in [0.25, 0.3) is 0 Å². The van der Waals surface area contributed by atoms with Gasteiger partial charge in [-0.1, -0.05) is 0 Å². The molecule has 0 radical (unpaired) electrons. The van der Waals surface area contributed by atoms with E-state index in [1.165, 1.54) is 24.1 Å². The van der Waals surface area contributed by atoms with Gasteiger partial charge in [-0.3, -0.25) is 4.98 Å². The molecular weight excluding hydrogens is 212 g/mol. The third-order valence-corrected chi connectivity index (χ3v) is 3.12. The van der Waals surface area contributed by atoms with Crippen molar-refractivity contribution in [2.45, 2.75) is 25.3 Å². The second kappa shape index (κ2) is 4.30. The fourth-order valence-electron chi connectivity index (χ4n) is 2.20. The fourth-order valence-corrected chi connectivity index (χ4v) is 2.20. The molecule has 1 aliphatic carbocycles. The predicted molar refractivity (Wildman–Crippen MR) is 66.1 cm³/mol. The van der Waals surface area contributed by atoms with Crippen LogP contribution in [0.3, 0.4) is 0 Å². The van der Waals surface area contributed by atoms with Crippen LogP contribution in [0.1, 0.15) is 30.0 Å². The molecule has 1 saturated carbocycles. The van der Waals surface area contributed by atoms with Gasteiger partial charge in [-0.05, 0) is 32.0 Å². The number of rotatable bonds is 4. The maximum atomic E-state index is 4.52. The molecule has 0 atom stereocenters. The Labute approximate surface area is 101 Å². The van der Waals surface area contributed by atoms with Crippen molar-refractivity contribution in [1.82, 2.24) is 20.1 Å². The van der Waals surface area contributed by atoms with Gasteiger partial charge in [-0.25, -0.2) is 4.68 Å². The van der Waals surface area contributed by atoms with Crippen molar-refractivity contribution < 1.29 is 0 Å². The minimum atomic E-state index is 0.689. The molecule has 0 aromatic carbocycles. The number of hydrogen-bond acceptors (Lipinski definition) is 3. The lowest BCUT2D eigenvalue weighted by Gasteiger charge is -2.08. The summed E-state index contributed by atoms with van der Waals surface area (Å²) in [7, 11) is 1.97. The summed E-state index contributed by atoms with van der Waals surface area (Å²) in [5.74, 6) is 0.689. The molecule has 1 N–H and O–H groups in total. The molecule has 2 aromatic heterocycles. The van der Waals surface area contributed by atoms with Gasteiger partial charge < -0.3 is 5.32 Å². The lowest BCUT2D eigenvalue weighted by atomic mass is 10.1. The number of hydrogen-bond donors (Lipinski definition) is 1. The molecule has 0 saturated heterocycles. The number of aromatic nitrogens is 3. The maximum absolute atomic E-state index is 4.52. The molecule has 1 aliphatic rings. The van der Waals surface area contributed by atoms with Gasteiger partial charge in [0.15, 0.2) is 0 Å². The van der Waals surface area contributed by atoms with Gasteiger partial charge in [-0.2, -0.15) is 5.10 Å². The Bertz CT molecular complexity index is 499. The number of nitrogens with one attached hydrogen (secondary N) is 1. The molecule has 0 spiro atoms. The second-order valence-electron chi connectivity index (χ2n) is 4.48. The Morgan fingerprint density at radius 2 is 2.12 bits per heavy atom. The first-order chi connectivity index (χ1) is 8.40. The van der Waals surface area contributed by atoms with Crippen LogP contribution < -0.4 is 5.32 Å². The molecule has 4 nitrogen and oxygen atoms in total. The van der Waals surface area contributed by atoms with Gasteiger partial charge in [0.1, 0.15) is 0 Å². The van der Waals surface area contributed by atoms with Crippen LogP contribution in [0.2, 0.25) is 0 Å². The zero-order valence-electron chi connectivity index (χ0n) is 9.93. The smallest absolute Gasteiger partial charge is 0.0679 e. The molecule has 0 bridgehead atoms. The van der Waals surface area contributed by atoms with Crippen molar-refractivity contribution in [3.63, 3.8) is 0 Å². The third-order valence-electron chi connectivity index (χ3n) is 3.12. The second-order valence-corrected chi connectivity index (χ2v) is 4.48. The monoisotopic (exact) mass is 228 g/mol. The quantitative estimate of drug-likeness (QED) is 0.868. The Kier molecular flexibility index (Phi) is 2.65. The van der Waals surface area contributed by atoms with Crippen LogP contribution in [-0.2, 0) is 6.54 Å². The summed E-state index contributed by atoms with van der Waals surface area (Å²) in [6.45, 7) is 0.886. The van der Waals surface area contributed by atoms with E-state index in [0.29, 0.717) is 5.92 Å². The van der Waals surface area contributed by atoms with Gasteiger partial charge >= 0.3 is 0 Å². The zero-order valence-corrected chi connectivity index (χ0v) is 9.93. The lowest BCUT2D eigenvalue weighted by Crippen LogP contribution is -2.08. The highest BCUT2D eigenvalue weighted by molar-refractivity contribution is 5.36. The largest absolute Gasteiger partial charge is 0.316 e. The van der Waals surface area contributed by atoms with Crippen molar-refractivity contribution in [3.8, 4) is 5.69 Å². The van der Waals surface area contributed by atoms with Crippen molar-refractivity contribution in [2.24, 2.45) is 0 Å². The summed E-state index contributed by atoms with van der Waals surface area (Å²) in [5.41, 5.74) is 3.78. The first kappa shape index (κ1) is 10.5. The topological polar surface area (TPSA) is 42.7 Å². The van der Waals surface area contributed by atoms with Gasteiger partial charge in [0.2, 0.25) is 0 Å². The van der Waals surface area contributed by atoms with Crippen LogP contribution in [0.5, 0.6) is 0 Å². The standard InChI is InChI=1S/C13H16N4/c1-14-8-11-9-16-17(13(11)10-2-3-10)12-4-6-15-7-5-12/h4-7,9-10,14H,2-3,8H2,1H3. The molecule has 1 fully saturated rings. The van der Waals surface area contributed by atoms with Crippen LogP contribution in [-0.4, -0.2) is 21.8 Å². The van der Waals surface area contributed by atoms with Crippen molar-refractivity contribution in [1.29, 1.82) is 0 Å². The minimum Gasteiger partial charge on any atom is -0.316 e. The lowest BCUT2D eigenvalue weighted by molar-refractivity contribution is 0.774. The summed E-state index contributed by atoms with van der Waals surface area (Å²) >= 11 is 0. The highest BCUT2D eigenvalue weighted by atomic mass is 15.3. The van der Waals surface area contributed by atoms with E-state index < -0.39 is 0 Å². The van der Waals surface area contributed by atoms with Crippen LogP contribution in [0.25, 0.3) is 5.69 Å². The summed E-state index contributed by atoms with van der Waals surface area (Å²) in [4.78, 5) is 4.05. The number of pyridine rings is 1. The average Bonchev–Trinajstić information content (AvgIpc) is 3.12. The molecule has 0 aliphatic heterocycles. The average molecular weight is 228 g/mol. The molecular formula is C13H16N4.